The Hall–Kier alpha value is -1.60. The molecule has 1 aliphatic rings. The summed E-state index contributed by atoms with van der Waals surface area (Å²) in [7, 11) is 0. The summed E-state index contributed by atoms with van der Waals surface area (Å²) >= 11 is 4.47. The highest BCUT2D eigenvalue weighted by molar-refractivity contribution is 9.10. The molecule has 1 heterocycles. The van der Waals surface area contributed by atoms with Crippen molar-refractivity contribution in [1.29, 1.82) is 0 Å². The van der Waals surface area contributed by atoms with Gasteiger partial charge in [-0.2, -0.15) is 0 Å². The number of halogens is 1. The summed E-state index contributed by atoms with van der Waals surface area (Å²) in [6.07, 6.45) is 1.73. The van der Waals surface area contributed by atoms with Crippen molar-refractivity contribution < 1.29 is 14.7 Å². The van der Waals surface area contributed by atoms with E-state index in [4.69, 9.17) is 5.11 Å². The number of carbonyl (C=O) groups is 2. The van der Waals surface area contributed by atoms with E-state index in [-0.39, 0.29) is 12.5 Å². The molecule has 5 nitrogen and oxygen atoms in total. The molecule has 1 aliphatic heterocycles. The molecular weight excluding hydrogens is 332 g/mol. The maximum absolute atomic E-state index is 11.7. The zero-order chi connectivity index (χ0) is 13.8. The monoisotopic (exact) mass is 340 g/mol. The summed E-state index contributed by atoms with van der Waals surface area (Å²) in [6, 6.07) is 7.50. The second-order valence-corrected chi connectivity index (χ2v) is 5.58. The van der Waals surface area contributed by atoms with Crippen LogP contribution in [0.5, 0.6) is 0 Å². The number of amidine groups is 1. The Labute approximate surface area is 121 Å². The van der Waals surface area contributed by atoms with Crippen LogP contribution in [0.1, 0.15) is 5.56 Å². The number of hydrogen-bond donors (Lipinski definition) is 2. The van der Waals surface area contributed by atoms with Crippen molar-refractivity contribution in [2.24, 2.45) is 4.99 Å². The van der Waals surface area contributed by atoms with Gasteiger partial charge in [0, 0.05) is 4.47 Å². The second-order valence-electron chi connectivity index (χ2n) is 3.63. The highest BCUT2D eigenvalue weighted by atomic mass is 79.9. The van der Waals surface area contributed by atoms with Crippen molar-refractivity contribution >= 4 is 50.8 Å². The molecule has 0 radical (unpaired) electrons. The lowest BCUT2D eigenvalue weighted by atomic mass is 10.2. The molecule has 0 unspecified atom stereocenters. The number of nitrogens with zero attached hydrogens (tertiary/aromatic N) is 1. The molecule has 0 atom stereocenters. The molecule has 98 valence electrons. The Bertz CT molecular complexity index is 581. The number of amides is 1. The number of carboxylic acid groups (broad SMARTS) is 1. The van der Waals surface area contributed by atoms with Crippen molar-refractivity contribution in [3.8, 4) is 0 Å². The number of rotatable bonds is 3. The van der Waals surface area contributed by atoms with E-state index in [1.165, 1.54) is 0 Å². The number of benzene rings is 1. The van der Waals surface area contributed by atoms with E-state index in [1.807, 2.05) is 24.3 Å². The van der Waals surface area contributed by atoms with Gasteiger partial charge < -0.3 is 10.4 Å². The minimum absolute atomic E-state index is 0.267. The summed E-state index contributed by atoms with van der Waals surface area (Å²) in [5.41, 5.74) is 0.889. The van der Waals surface area contributed by atoms with E-state index in [1.54, 1.807) is 6.08 Å². The first-order valence-electron chi connectivity index (χ1n) is 5.27. The molecule has 1 fully saturated rings. The SMILES string of the molecule is O=C(O)CN=C1NC(=O)/C(=C/c2ccc(Br)cc2)S1. The van der Waals surface area contributed by atoms with Crippen molar-refractivity contribution in [2.45, 2.75) is 0 Å². The number of thioether (sulfide) groups is 1. The van der Waals surface area contributed by atoms with Gasteiger partial charge in [0.15, 0.2) is 5.17 Å². The average Bonchev–Trinajstić information content (AvgIpc) is 2.71. The molecule has 0 saturated carbocycles. The Morgan fingerprint density at radius 2 is 2.11 bits per heavy atom. The van der Waals surface area contributed by atoms with E-state index >= 15 is 0 Å². The molecule has 0 aliphatic carbocycles. The molecular formula is C12H9BrN2O3S. The van der Waals surface area contributed by atoms with Gasteiger partial charge in [0.1, 0.15) is 6.54 Å². The number of nitrogens with one attached hydrogen (secondary N) is 1. The number of aliphatic imine (C=N–C) groups is 1. The Balaban J connectivity index is 2.13. The second kappa shape index (κ2) is 6.03. The zero-order valence-electron chi connectivity index (χ0n) is 9.59. The fraction of sp³-hybridized carbons (Fsp3) is 0.0833. The van der Waals surface area contributed by atoms with Crippen LogP contribution in [-0.2, 0) is 9.59 Å². The van der Waals surface area contributed by atoms with Crippen LogP contribution in [0.3, 0.4) is 0 Å². The van der Waals surface area contributed by atoms with Crippen LogP contribution in [0.4, 0.5) is 0 Å². The molecule has 7 heteroatoms. The van der Waals surface area contributed by atoms with E-state index in [0.717, 1.165) is 21.8 Å². The van der Waals surface area contributed by atoms with Crippen molar-refractivity contribution in [3.63, 3.8) is 0 Å². The Morgan fingerprint density at radius 3 is 2.74 bits per heavy atom. The van der Waals surface area contributed by atoms with E-state index in [2.05, 4.69) is 26.2 Å². The average molecular weight is 341 g/mol. The minimum Gasteiger partial charge on any atom is -0.480 e. The predicted octanol–water partition coefficient (Wildman–Crippen LogP) is 2.09. The van der Waals surface area contributed by atoms with Gasteiger partial charge in [-0.3, -0.25) is 14.6 Å². The third kappa shape index (κ3) is 3.93. The Kier molecular flexibility index (Phi) is 4.39. The highest BCUT2D eigenvalue weighted by Crippen LogP contribution is 2.26. The largest absolute Gasteiger partial charge is 0.480 e. The molecule has 0 aromatic heterocycles. The third-order valence-electron chi connectivity index (χ3n) is 2.18. The van der Waals surface area contributed by atoms with Crippen molar-refractivity contribution in [3.05, 3.63) is 39.2 Å². The molecule has 1 aromatic carbocycles. The fourth-order valence-corrected chi connectivity index (χ4v) is 2.44. The van der Waals surface area contributed by atoms with Gasteiger partial charge in [-0.1, -0.05) is 28.1 Å². The maximum Gasteiger partial charge on any atom is 0.325 e. The van der Waals surface area contributed by atoms with Gasteiger partial charge in [0.25, 0.3) is 5.91 Å². The van der Waals surface area contributed by atoms with Gasteiger partial charge in [-0.25, -0.2) is 0 Å². The van der Waals surface area contributed by atoms with E-state index < -0.39 is 5.97 Å². The standard InChI is InChI=1S/C12H9BrN2O3S/c13-8-3-1-7(2-4-8)5-9-11(18)15-12(19-9)14-6-10(16)17/h1-5H,6H2,(H,16,17)(H,14,15,18)/b9-5-. The zero-order valence-corrected chi connectivity index (χ0v) is 12.0. The first-order valence-corrected chi connectivity index (χ1v) is 6.88. The van der Waals surface area contributed by atoms with Crippen LogP contribution in [0.2, 0.25) is 0 Å². The quantitative estimate of drug-likeness (QED) is 0.826. The number of hydrogen-bond acceptors (Lipinski definition) is 4. The molecule has 1 aromatic rings. The number of aliphatic carboxylic acids is 1. The van der Waals surface area contributed by atoms with E-state index in [0.29, 0.717) is 10.1 Å². The number of carboxylic acids is 1. The fourth-order valence-electron chi connectivity index (χ4n) is 1.35. The summed E-state index contributed by atoms with van der Waals surface area (Å²) in [5.74, 6) is -1.30. The molecule has 1 amide bonds. The molecule has 0 spiro atoms. The molecule has 2 rings (SSSR count). The van der Waals surface area contributed by atoms with Gasteiger partial charge >= 0.3 is 5.97 Å². The van der Waals surface area contributed by atoms with E-state index in [9.17, 15) is 9.59 Å². The van der Waals surface area contributed by atoms with Crippen LogP contribution in [0.25, 0.3) is 6.08 Å². The summed E-state index contributed by atoms with van der Waals surface area (Å²) in [4.78, 5) is 26.3. The summed E-state index contributed by atoms with van der Waals surface area (Å²) in [6.45, 7) is -0.353. The summed E-state index contributed by atoms with van der Waals surface area (Å²) in [5, 5.41) is 11.4. The lowest BCUT2D eigenvalue weighted by Crippen LogP contribution is -2.20. The van der Waals surface area contributed by atoms with Crippen LogP contribution in [-0.4, -0.2) is 28.7 Å². The minimum atomic E-state index is -1.03. The van der Waals surface area contributed by atoms with Crippen LogP contribution >= 0.6 is 27.7 Å². The van der Waals surface area contributed by atoms with Gasteiger partial charge in [0.05, 0.1) is 4.91 Å². The highest BCUT2D eigenvalue weighted by Gasteiger charge is 2.23. The maximum atomic E-state index is 11.7. The molecule has 19 heavy (non-hydrogen) atoms. The summed E-state index contributed by atoms with van der Waals surface area (Å²) < 4.78 is 0.960. The molecule has 2 N–H and O–H groups in total. The Morgan fingerprint density at radius 1 is 1.42 bits per heavy atom. The smallest absolute Gasteiger partial charge is 0.325 e. The van der Waals surface area contributed by atoms with Crippen LogP contribution in [0, 0.1) is 0 Å². The first kappa shape index (κ1) is 13.8. The normalized spacial score (nSPS) is 18.9. The van der Waals surface area contributed by atoms with Crippen LogP contribution in [0.15, 0.2) is 38.6 Å². The van der Waals surface area contributed by atoms with Crippen molar-refractivity contribution in [2.75, 3.05) is 6.54 Å². The van der Waals surface area contributed by atoms with Crippen molar-refractivity contribution in [1.82, 2.24) is 5.32 Å². The van der Waals surface area contributed by atoms with Gasteiger partial charge in [0.2, 0.25) is 0 Å². The van der Waals surface area contributed by atoms with Gasteiger partial charge in [-0.05, 0) is 35.5 Å². The lowest BCUT2D eigenvalue weighted by Gasteiger charge is -1.95. The molecule has 1 saturated heterocycles. The van der Waals surface area contributed by atoms with Gasteiger partial charge in [-0.15, -0.1) is 0 Å². The van der Waals surface area contributed by atoms with Crippen LogP contribution < -0.4 is 5.32 Å². The molecule has 0 bridgehead atoms. The topological polar surface area (TPSA) is 78.8 Å². The lowest BCUT2D eigenvalue weighted by molar-refractivity contribution is -0.135. The predicted molar refractivity (Wildman–Crippen MR) is 77.8 cm³/mol. The first-order chi connectivity index (χ1) is 9.04. The third-order valence-corrected chi connectivity index (χ3v) is 3.65. The number of carbonyl (C=O) groups excluding carboxylic acids is 1.